The summed E-state index contributed by atoms with van der Waals surface area (Å²) in [4.78, 5) is 27.3. The van der Waals surface area contributed by atoms with Crippen LogP contribution in [0.2, 0.25) is 0 Å². The number of rotatable bonds is 6. The quantitative estimate of drug-likeness (QED) is 0.162. The summed E-state index contributed by atoms with van der Waals surface area (Å²) in [5, 5.41) is 13.7. The normalized spacial score (nSPS) is 26.7. The summed E-state index contributed by atoms with van der Waals surface area (Å²) in [6.07, 6.45) is 8.83. The maximum Gasteiger partial charge on any atom is 0.332 e. The largest absolute Gasteiger partial charge is 0.465 e. The fourth-order valence-electron chi connectivity index (χ4n) is 10.6. The fraction of sp³-hybridized carbons (Fsp3) is 0.571. The Morgan fingerprint density at radius 1 is 0.736 bits per heavy atom. The molecular weight excluding hydrogens is 736 g/mol. The van der Waals surface area contributed by atoms with Gasteiger partial charge in [-0.3, -0.25) is 14.6 Å². The molecule has 11 heteroatoms. The molecule has 0 saturated carbocycles. The number of aromatic nitrogens is 2. The van der Waals surface area contributed by atoms with Crippen LogP contribution in [-0.2, 0) is 36.6 Å². The first-order chi connectivity index (χ1) is 25.9. The molecule has 0 aliphatic carbocycles. The maximum atomic E-state index is 11.8. The molecule has 8 heterocycles. The van der Waals surface area contributed by atoms with Gasteiger partial charge in [-0.25, -0.2) is 4.79 Å². The van der Waals surface area contributed by atoms with E-state index in [0.717, 1.165) is 32.2 Å². The second-order valence-corrected chi connectivity index (χ2v) is 15.8. The van der Waals surface area contributed by atoms with Gasteiger partial charge < -0.3 is 28.5 Å². The molecule has 10 rings (SSSR count). The molecule has 2 aromatic carbocycles. The van der Waals surface area contributed by atoms with E-state index in [1.807, 2.05) is 6.92 Å². The van der Waals surface area contributed by atoms with E-state index in [1.54, 1.807) is 6.92 Å². The molecule has 284 valence electrons. The molecule has 2 unspecified atom stereocenters. The summed E-state index contributed by atoms with van der Waals surface area (Å²) < 4.78 is 20.3. The lowest BCUT2D eigenvalue weighted by molar-refractivity contribution is -0.155. The highest BCUT2D eigenvalue weighted by Gasteiger charge is 2.46. The Labute approximate surface area is 320 Å². The molecule has 2 saturated heterocycles. The van der Waals surface area contributed by atoms with Crippen LogP contribution in [0, 0.1) is 11.8 Å². The van der Waals surface area contributed by atoms with Gasteiger partial charge >= 0.3 is 11.9 Å². The fourth-order valence-corrected chi connectivity index (χ4v) is 10.7. The van der Waals surface area contributed by atoms with Gasteiger partial charge in [0.2, 0.25) is 0 Å². The Balaban J connectivity index is 0.000000131. The number of para-hydroxylation sites is 2. The minimum atomic E-state index is -0.331. The molecule has 6 aliphatic heterocycles. The smallest absolute Gasteiger partial charge is 0.332 e. The third kappa shape index (κ3) is 6.75. The highest BCUT2D eigenvalue weighted by atomic mass is 79.9. The molecule has 53 heavy (non-hydrogen) atoms. The second-order valence-electron chi connectivity index (χ2n) is 15.2. The molecule has 0 amide bonds. The number of alkyl halides is 1. The van der Waals surface area contributed by atoms with Crippen molar-refractivity contribution in [3.63, 3.8) is 0 Å². The van der Waals surface area contributed by atoms with Gasteiger partial charge in [-0.15, -0.1) is 0 Å². The molecule has 2 aromatic heterocycles. The zero-order valence-electron chi connectivity index (χ0n) is 31.1. The topological polar surface area (TPSA) is 98.4 Å². The number of halogens is 1. The molecule has 0 radical (unpaired) electrons. The second kappa shape index (κ2) is 15.9. The Hall–Kier alpha value is -3.22. The van der Waals surface area contributed by atoms with Crippen LogP contribution >= 0.6 is 15.9 Å². The van der Waals surface area contributed by atoms with Crippen LogP contribution in [0.5, 0.6) is 0 Å². The van der Waals surface area contributed by atoms with Crippen LogP contribution in [0.3, 0.4) is 0 Å². The number of aliphatic hydroxyl groups is 1. The van der Waals surface area contributed by atoms with Gasteiger partial charge in [-0.2, -0.15) is 0 Å². The SMILES string of the molecule is CCOC(=O)CBr.CCOC(=O)COC1C[C@@H]2CCCN3CCc4c(n1c1ccccc41)[C@@H]23.OC1C[C@@H]2CCCN3CCc4c(n1c1ccccc41)[C@@H]23. The zero-order valence-corrected chi connectivity index (χ0v) is 32.6. The number of carbonyl (C=O) groups excluding carboxylic acids is 2. The van der Waals surface area contributed by atoms with Gasteiger partial charge in [0.1, 0.15) is 24.4 Å². The number of hydrogen-bond donors (Lipinski definition) is 1. The first-order valence-corrected chi connectivity index (χ1v) is 20.9. The highest BCUT2D eigenvalue weighted by molar-refractivity contribution is 9.09. The number of fused-ring (bicyclic) bond motifs is 6. The number of hydrogen-bond acceptors (Lipinski definition) is 8. The van der Waals surface area contributed by atoms with Crippen molar-refractivity contribution in [1.29, 1.82) is 0 Å². The standard InChI is InChI=1S/C21H26N2O3.C17H20N2O.C4H7BrO2/c1-2-25-19(24)13-26-18-12-14-6-5-10-22-11-9-16-15-7-3-4-8-17(15)23(18)21(16)20(14)22;20-15-10-11-4-3-8-18-9-7-13-12-5-1-2-6-14(12)19(15)17(13)16(11)18;1-2-7-4(6)3-5/h3-4,7-8,14,18,20H,2,5-6,9-13H2,1H3;1-2,5-6,11,15-16,20H,3-4,7-10H2;2-3H2,1H3/t14-,18?,20+;11-,15?,16+;/m00./s1. The zero-order chi connectivity index (χ0) is 36.6. The van der Waals surface area contributed by atoms with Crippen LogP contribution in [-0.4, -0.2) is 87.3 Å². The predicted octanol–water partition coefficient (Wildman–Crippen LogP) is 7.22. The number of aliphatic hydroxyl groups excluding tert-OH is 1. The van der Waals surface area contributed by atoms with E-state index in [1.165, 1.54) is 89.6 Å². The van der Waals surface area contributed by atoms with Crippen molar-refractivity contribution in [2.45, 2.75) is 89.8 Å². The van der Waals surface area contributed by atoms with Crippen LogP contribution in [0.1, 0.15) is 99.4 Å². The number of piperidine rings is 2. The van der Waals surface area contributed by atoms with Crippen molar-refractivity contribution in [2.75, 3.05) is 51.3 Å². The number of ether oxygens (including phenoxy) is 3. The van der Waals surface area contributed by atoms with Crippen molar-refractivity contribution >= 4 is 49.7 Å². The minimum absolute atomic E-state index is 0.0287. The number of carbonyl (C=O) groups is 2. The van der Waals surface area contributed by atoms with E-state index in [4.69, 9.17) is 9.47 Å². The van der Waals surface area contributed by atoms with E-state index in [2.05, 4.69) is 88.1 Å². The first kappa shape index (κ1) is 36.7. The first-order valence-electron chi connectivity index (χ1n) is 19.8. The molecular formula is C42H53BrN4O6. The van der Waals surface area contributed by atoms with Crippen molar-refractivity contribution in [3.05, 3.63) is 71.0 Å². The van der Waals surface area contributed by atoms with Crippen molar-refractivity contribution < 1.29 is 28.9 Å². The Kier molecular flexibility index (Phi) is 11.0. The molecule has 2 fully saturated rings. The van der Waals surface area contributed by atoms with Gasteiger partial charge in [-0.05, 0) is 113 Å². The average molecular weight is 790 g/mol. The van der Waals surface area contributed by atoms with Gasteiger partial charge in [0, 0.05) is 35.2 Å². The van der Waals surface area contributed by atoms with E-state index in [9.17, 15) is 14.7 Å². The van der Waals surface area contributed by atoms with Gasteiger partial charge in [0.05, 0.1) is 36.3 Å². The van der Waals surface area contributed by atoms with E-state index in [-0.39, 0.29) is 31.0 Å². The lowest BCUT2D eigenvalue weighted by Gasteiger charge is -2.49. The summed E-state index contributed by atoms with van der Waals surface area (Å²) in [5.74, 6) is 0.786. The summed E-state index contributed by atoms with van der Waals surface area (Å²) >= 11 is 2.94. The molecule has 0 spiro atoms. The van der Waals surface area contributed by atoms with Crippen LogP contribution in [0.15, 0.2) is 48.5 Å². The average Bonchev–Trinajstić information content (AvgIpc) is 3.72. The van der Waals surface area contributed by atoms with Gasteiger partial charge in [0.25, 0.3) is 0 Å². The minimum Gasteiger partial charge on any atom is -0.465 e. The van der Waals surface area contributed by atoms with E-state index in [0.29, 0.717) is 42.5 Å². The van der Waals surface area contributed by atoms with Crippen LogP contribution in [0.25, 0.3) is 21.8 Å². The third-order valence-electron chi connectivity index (χ3n) is 12.4. The molecule has 1 N–H and O–H groups in total. The molecule has 6 atom stereocenters. The predicted molar refractivity (Wildman–Crippen MR) is 208 cm³/mol. The molecule has 10 nitrogen and oxygen atoms in total. The van der Waals surface area contributed by atoms with Gasteiger partial charge in [0.15, 0.2) is 0 Å². The van der Waals surface area contributed by atoms with Crippen molar-refractivity contribution in [3.8, 4) is 0 Å². The number of esters is 2. The number of benzene rings is 2. The Bertz CT molecular complexity index is 1960. The molecule has 0 bridgehead atoms. The lowest BCUT2D eigenvalue weighted by atomic mass is 9.78. The number of nitrogens with zero attached hydrogens (tertiary/aromatic N) is 4. The summed E-state index contributed by atoms with van der Waals surface area (Å²) in [6.45, 7) is 9.29. The highest BCUT2D eigenvalue weighted by Crippen LogP contribution is 2.52. The van der Waals surface area contributed by atoms with E-state index >= 15 is 0 Å². The van der Waals surface area contributed by atoms with Crippen molar-refractivity contribution in [1.82, 2.24) is 18.9 Å². The Morgan fingerprint density at radius 3 is 1.83 bits per heavy atom. The lowest BCUT2D eigenvalue weighted by Crippen LogP contribution is -2.47. The third-order valence-corrected chi connectivity index (χ3v) is 12.9. The maximum absolute atomic E-state index is 11.8. The van der Waals surface area contributed by atoms with Gasteiger partial charge in [-0.1, -0.05) is 52.3 Å². The molecule has 4 aromatic rings. The summed E-state index contributed by atoms with van der Waals surface area (Å²) in [5.41, 5.74) is 8.36. The van der Waals surface area contributed by atoms with E-state index < -0.39 is 0 Å². The van der Waals surface area contributed by atoms with Crippen LogP contribution < -0.4 is 0 Å². The monoisotopic (exact) mass is 788 g/mol. The summed E-state index contributed by atoms with van der Waals surface area (Å²) in [6, 6.07) is 18.4. The van der Waals surface area contributed by atoms with Crippen molar-refractivity contribution in [2.24, 2.45) is 11.8 Å². The Morgan fingerprint density at radius 2 is 1.26 bits per heavy atom. The molecule has 6 aliphatic rings. The van der Waals surface area contributed by atoms with Crippen LogP contribution in [0.4, 0.5) is 0 Å². The summed E-state index contributed by atoms with van der Waals surface area (Å²) in [7, 11) is 0.